The van der Waals surface area contributed by atoms with E-state index in [1.165, 1.54) is 0 Å². The van der Waals surface area contributed by atoms with Gasteiger partial charge < -0.3 is 25.0 Å². The number of likely N-dealkylation sites (N-methyl/N-ethyl adjacent to an activating group) is 1. The van der Waals surface area contributed by atoms with Crippen molar-refractivity contribution in [1.82, 2.24) is 5.32 Å². The lowest BCUT2D eigenvalue weighted by Gasteiger charge is -2.20. The topological polar surface area (TPSA) is 79.9 Å². The first kappa shape index (κ1) is 20.6. The molecule has 0 fully saturated rings. The third-order valence-electron chi connectivity index (χ3n) is 3.78. The lowest BCUT2D eigenvalue weighted by atomic mass is 10.2. The summed E-state index contributed by atoms with van der Waals surface area (Å²) >= 11 is 3.36. The molecule has 0 radical (unpaired) electrons. The molecule has 0 aliphatic rings. The van der Waals surface area contributed by atoms with Crippen molar-refractivity contribution >= 4 is 39.1 Å². The molecule has 0 aromatic heterocycles. The van der Waals surface area contributed by atoms with Gasteiger partial charge in [-0.15, -0.1) is 0 Å². The first-order valence-electron chi connectivity index (χ1n) is 8.19. The lowest BCUT2D eigenvalue weighted by Crippen LogP contribution is -2.39. The number of para-hydroxylation sites is 1. The summed E-state index contributed by atoms with van der Waals surface area (Å²) in [6.07, 6.45) is 0. The summed E-state index contributed by atoms with van der Waals surface area (Å²) in [7, 11) is 4.90. The van der Waals surface area contributed by atoms with Crippen molar-refractivity contribution in [2.45, 2.75) is 0 Å². The highest BCUT2D eigenvalue weighted by molar-refractivity contribution is 9.10. The molecule has 0 heterocycles. The molecular formula is C19H22BrN3O4. The maximum atomic E-state index is 12.1. The molecule has 8 heteroatoms. The fourth-order valence-electron chi connectivity index (χ4n) is 2.36. The summed E-state index contributed by atoms with van der Waals surface area (Å²) in [5, 5.41) is 5.34. The monoisotopic (exact) mass is 435 g/mol. The first-order chi connectivity index (χ1) is 12.9. The number of carbonyl (C=O) groups excluding carboxylic acids is 2. The van der Waals surface area contributed by atoms with Gasteiger partial charge in [0.05, 0.1) is 33.0 Å². The number of ether oxygens (including phenoxy) is 2. The minimum atomic E-state index is -0.302. The Kier molecular flexibility index (Phi) is 7.48. The number of hydrogen-bond acceptors (Lipinski definition) is 5. The molecule has 7 nitrogen and oxygen atoms in total. The maximum absolute atomic E-state index is 12.1. The van der Waals surface area contributed by atoms with Crippen molar-refractivity contribution in [1.29, 1.82) is 0 Å². The predicted molar refractivity (Wildman–Crippen MR) is 109 cm³/mol. The van der Waals surface area contributed by atoms with Crippen LogP contribution in [0.2, 0.25) is 0 Å². The van der Waals surface area contributed by atoms with Crippen LogP contribution in [-0.4, -0.2) is 46.2 Å². The van der Waals surface area contributed by atoms with E-state index in [9.17, 15) is 9.59 Å². The van der Waals surface area contributed by atoms with Crippen LogP contribution in [0.25, 0.3) is 0 Å². The maximum Gasteiger partial charge on any atom is 0.243 e. The Bertz CT molecular complexity index is 813. The third kappa shape index (κ3) is 5.89. The van der Waals surface area contributed by atoms with E-state index in [4.69, 9.17) is 9.47 Å². The number of amides is 2. The van der Waals surface area contributed by atoms with Gasteiger partial charge in [0.25, 0.3) is 0 Å². The van der Waals surface area contributed by atoms with E-state index < -0.39 is 0 Å². The van der Waals surface area contributed by atoms with Gasteiger partial charge in [0.1, 0.15) is 0 Å². The number of rotatable bonds is 8. The Balaban J connectivity index is 1.86. The van der Waals surface area contributed by atoms with Crippen LogP contribution in [-0.2, 0) is 9.59 Å². The quantitative estimate of drug-likeness (QED) is 0.665. The van der Waals surface area contributed by atoms with Crippen LogP contribution in [0.5, 0.6) is 11.5 Å². The molecule has 2 aromatic carbocycles. The summed E-state index contributed by atoms with van der Waals surface area (Å²) in [4.78, 5) is 25.9. The first-order valence-corrected chi connectivity index (χ1v) is 8.98. The Morgan fingerprint density at radius 3 is 2.41 bits per heavy atom. The molecule has 144 valence electrons. The number of methoxy groups -OCH3 is 2. The van der Waals surface area contributed by atoms with Crippen molar-refractivity contribution in [3.05, 3.63) is 46.9 Å². The molecule has 2 N–H and O–H groups in total. The van der Waals surface area contributed by atoms with Crippen LogP contribution in [0.1, 0.15) is 0 Å². The van der Waals surface area contributed by atoms with Gasteiger partial charge in [0.15, 0.2) is 11.5 Å². The van der Waals surface area contributed by atoms with Crippen LogP contribution in [0, 0.1) is 0 Å². The molecule has 0 saturated heterocycles. The summed E-state index contributed by atoms with van der Waals surface area (Å²) in [5.41, 5.74) is 1.44. The largest absolute Gasteiger partial charge is 0.493 e. The molecule has 0 atom stereocenters. The third-order valence-corrected chi connectivity index (χ3v) is 4.47. The molecule has 2 amide bonds. The Morgan fingerprint density at radius 2 is 1.74 bits per heavy atom. The van der Waals surface area contributed by atoms with E-state index in [1.54, 1.807) is 44.4 Å². The van der Waals surface area contributed by atoms with Gasteiger partial charge in [-0.25, -0.2) is 0 Å². The molecule has 27 heavy (non-hydrogen) atoms. The van der Waals surface area contributed by atoms with Crippen LogP contribution >= 0.6 is 15.9 Å². The van der Waals surface area contributed by atoms with Crippen molar-refractivity contribution < 1.29 is 19.1 Å². The van der Waals surface area contributed by atoms with E-state index in [-0.39, 0.29) is 24.9 Å². The van der Waals surface area contributed by atoms with Crippen LogP contribution in [0.3, 0.4) is 0 Å². The number of nitrogens with zero attached hydrogens (tertiary/aromatic N) is 1. The molecule has 0 saturated carbocycles. The highest BCUT2D eigenvalue weighted by atomic mass is 79.9. The van der Waals surface area contributed by atoms with E-state index in [2.05, 4.69) is 26.6 Å². The van der Waals surface area contributed by atoms with E-state index in [0.717, 1.165) is 10.2 Å². The minimum Gasteiger partial charge on any atom is -0.493 e. The zero-order valence-electron chi connectivity index (χ0n) is 15.4. The molecule has 0 unspecified atom stereocenters. The average molecular weight is 436 g/mol. The van der Waals surface area contributed by atoms with Crippen molar-refractivity contribution in [2.24, 2.45) is 0 Å². The highest BCUT2D eigenvalue weighted by Gasteiger charge is 2.12. The second-order valence-electron chi connectivity index (χ2n) is 5.70. The summed E-state index contributed by atoms with van der Waals surface area (Å²) < 4.78 is 11.2. The van der Waals surface area contributed by atoms with Gasteiger partial charge in [0.2, 0.25) is 11.8 Å². The fraction of sp³-hybridized carbons (Fsp3) is 0.263. The van der Waals surface area contributed by atoms with Gasteiger partial charge >= 0.3 is 0 Å². The molecule has 0 spiro atoms. The van der Waals surface area contributed by atoms with Crippen molar-refractivity contribution in [3.8, 4) is 11.5 Å². The normalized spacial score (nSPS) is 10.1. The molecule has 2 aromatic rings. The van der Waals surface area contributed by atoms with Crippen molar-refractivity contribution in [2.75, 3.05) is 44.6 Å². The standard InChI is InChI=1S/C19H22BrN3O4/c1-23(13-8-9-16(26-2)17(10-13)27-3)12-19(25)21-11-18(24)22-15-7-5-4-6-14(15)20/h4-10H,11-12H2,1-3H3,(H,21,25)(H,22,24). The van der Waals surface area contributed by atoms with Crippen molar-refractivity contribution in [3.63, 3.8) is 0 Å². The molecular weight excluding hydrogens is 414 g/mol. The number of nitrogens with one attached hydrogen (secondary N) is 2. The summed E-state index contributed by atoms with van der Waals surface area (Å²) in [6.45, 7) is -0.0161. The second-order valence-corrected chi connectivity index (χ2v) is 6.55. The van der Waals surface area contributed by atoms with Gasteiger partial charge in [-0.05, 0) is 40.2 Å². The van der Waals surface area contributed by atoms with Gasteiger partial charge in [-0.3, -0.25) is 9.59 Å². The molecule has 2 rings (SSSR count). The minimum absolute atomic E-state index is 0.0950. The lowest BCUT2D eigenvalue weighted by molar-refractivity contribution is -0.123. The predicted octanol–water partition coefficient (Wildman–Crippen LogP) is 2.66. The average Bonchev–Trinajstić information content (AvgIpc) is 2.67. The molecule has 0 aliphatic carbocycles. The summed E-state index contributed by atoms with van der Waals surface area (Å²) in [5.74, 6) is 0.622. The van der Waals surface area contributed by atoms with Crippen LogP contribution < -0.4 is 25.0 Å². The number of carbonyl (C=O) groups is 2. The zero-order chi connectivity index (χ0) is 19.8. The van der Waals surface area contributed by atoms with Gasteiger partial charge in [-0.1, -0.05) is 12.1 Å². The molecule has 0 bridgehead atoms. The number of hydrogen-bond donors (Lipinski definition) is 2. The zero-order valence-corrected chi connectivity index (χ0v) is 17.0. The van der Waals surface area contributed by atoms with Crippen LogP contribution in [0.4, 0.5) is 11.4 Å². The van der Waals surface area contributed by atoms with E-state index >= 15 is 0 Å². The number of anilines is 2. The Morgan fingerprint density at radius 1 is 1.04 bits per heavy atom. The molecule has 0 aliphatic heterocycles. The summed E-state index contributed by atoms with van der Waals surface area (Å²) in [6, 6.07) is 12.7. The van der Waals surface area contributed by atoms with Crippen LogP contribution in [0.15, 0.2) is 46.9 Å². The Labute approximate surface area is 166 Å². The SMILES string of the molecule is COc1ccc(N(C)CC(=O)NCC(=O)Nc2ccccc2Br)cc1OC. The number of benzene rings is 2. The highest BCUT2D eigenvalue weighted by Crippen LogP contribution is 2.30. The Hall–Kier alpha value is -2.74. The smallest absolute Gasteiger partial charge is 0.243 e. The van der Waals surface area contributed by atoms with E-state index in [1.807, 2.05) is 24.3 Å². The number of halogens is 1. The fourth-order valence-corrected chi connectivity index (χ4v) is 2.74. The van der Waals surface area contributed by atoms with Gasteiger partial charge in [0, 0.05) is 23.3 Å². The second kappa shape index (κ2) is 9.82. The van der Waals surface area contributed by atoms with Gasteiger partial charge in [-0.2, -0.15) is 0 Å². The van der Waals surface area contributed by atoms with E-state index in [0.29, 0.717) is 17.2 Å².